The molecule has 1 aliphatic carbocycles. The van der Waals surface area contributed by atoms with Gasteiger partial charge in [0.15, 0.2) is 0 Å². The summed E-state index contributed by atoms with van der Waals surface area (Å²) in [6.45, 7) is 2.22. The molecule has 2 rings (SSSR count). The van der Waals surface area contributed by atoms with Crippen LogP contribution in [0.1, 0.15) is 48.5 Å². The van der Waals surface area contributed by atoms with Crippen molar-refractivity contribution in [3.63, 3.8) is 0 Å². The van der Waals surface area contributed by atoms with Gasteiger partial charge in [0, 0.05) is 11.1 Å². The zero-order valence-corrected chi connectivity index (χ0v) is 11.6. The zero-order chi connectivity index (χ0) is 14.6. The topological polar surface area (TPSA) is 55.1 Å². The van der Waals surface area contributed by atoms with Crippen LogP contribution in [0.2, 0.25) is 0 Å². The lowest BCUT2D eigenvalue weighted by atomic mass is 10.00. The summed E-state index contributed by atoms with van der Waals surface area (Å²) in [5, 5.41) is 3.00. The van der Waals surface area contributed by atoms with Gasteiger partial charge in [0.05, 0.1) is 12.1 Å². The molecular formula is C16H19FN2O. The summed E-state index contributed by atoms with van der Waals surface area (Å²) in [7, 11) is 0. The molecule has 0 atom stereocenters. The van der Waals surface area contributed by atoms with E-state index in [0.29, 0.717) is 5.56 Å². The highest BCUT2D eigenvalue weighted by Gasteiger charge is 2.30. The van der Waals surface area contributed by atoms with Gasteiger partial charge in [0.25, 0.3) is 5.91 Å². The molecule has 1 fully saturated rings. The third-order valence-electron chi connectivity index (χ3n) is 3.68. The van der Waals surface area contributed by atoms with E-state index < -0.39 is 5.82 Å². The molecule has 1 aromatic carbocycles. The first-order valence-corrected chi connectivity index (χ1v) is 6.85. The number of hydrogen-bond acceptors (Lipinski definition) is 2. The highest BCUT2D eigenvalue weighted by molar-refractivity contribution is 5.94. The monoisotopic (exact) mass is 274 g/mol. The highest BCUT2D eigenvalue weighted by Crippen LogP contribution is 2.29. The number of nitrogens with one attached hydrogen (secondary N) is 1. The van der Waals surface area contributed by atoms with Crippen molar-refractivity contribution < 1.29 is 9.18 Å². The molecule has 20 heavy (non-hydrogen) atoms. The molecule has 0 radical (unpaired) electrons. The predicted octanol–water partition coefficient (Wildman–Crippen LogP) is 2.20. The predicted molar refractivity (Wildman–Crippen MR) is 76.7 cm³/mol. The molecule has 106 valence electrons. The minimum atomic E-state index is -0.491. The number of halogens is 1. The Bertz CT molecular complexity index is 566. The summed E-state index contributed by atoms with van der Waals surface area (Å²) in [4.78, 5) is 12.1. The van der Waals surface area contributed by atoms with E-state index in [0.717, 1.165) is 25.7 Å². The van der Waals surface area contributed by atoms with E-state index in [1.54, 1.807) is 6.07 Å². The largest absolute Gasteiger partial charge is 0.347 e. The Morgan fingerprint density at radius 3 is 2.75 bits per heavy atom. The third kappa shape index (κ3) is 3.37. The molecule has 3 N–H and O–H groups in total. The minimum Gasteiger partial charge on any atom is -0.347 e. The molecular weight excluding hydrogens is 255 g/mol. The molecule has 4 heteroatoms. The maximum atomic E-state index is 13.8. The van der Waals surface area contributed by atoms with Crippen LogP contribution in [0, 0.1) is 17.7 Å². The Kier molecular flexibility index (Phi) is 4.41. The number of hydrogen-bond donors (Lipinski definition) is 2. The maximum Gasteiger partial charge on any atom is 0.251 e. The van der Waals surface area contributed by atoms with Gasteiger partial charge in [-0.1, -0.05) is 24.7 Å². The average Bonchev–Trinajstić information content (AvgIpc) is 2.83. The lowest BCUT2D eigenvalue weighted by molar-refractivity contribution is 0.0907. The second-order valence-electron chi connectivity index (χ2n) is 5.42. The standard InChI is InChI=1S/C16H19FN2O/c1-16(8-2-3-9-16)19-15(20)13-7-6-12(5-4-10-18)14(17)11-13/h6-7,11H,2-3,8-10,18H2,1H3,(H,19,20). The third-order valence-corrected chi connectivity index (χ3v) is 3.68. The number of nitrogens with two attached hydrogens (primary N) is 1. The SMILES string of the molecule is CC1(NC(=O)c2ccc(C#CCN)c(F)c2)CCCC1. The van der Waals surface area contributed by atoms with Crippen molar-refractivity contribution >= 4 is 5.91 Å². The fraction of sp³-hybridized carbons (Fsp3) is 0.438. The first-order chi connectivity index (χ1) is 9.54. The van der Waals surface area contributed by atoms with E-state index in [2.05, 4.69) is 17.2 Å². The Hall–Kier alpha value is -1.86. The zero-order valence-electron chi connectivity index (χ0n) is 11.6. The van der Waals surface area contributed by atoms with Crippen molar-refractivity contribution in [2.24, 2.45) is 5.73 Å². The molecule has 1 amide bonds. The molecule has 0 bridgehead atoms. The van der Waals surface area contributed by atoms with Crippen molar-refractivity contribution in [2.75, 3.05) is 6.54 Å². The molecule has 1 aromatic rings. The Morgan fingerprint density at radius 1 is 1.45 bits per heavy atom. The van der Waals surface area contributed by atoms with E-state index >= 15 is 0 Å². The van der Waals surface area contributed by atoms with Crippen molar-refractivity contribution in [3.8, 4) is 11.8 Å². The van der Waals surface area contributed by atoms with Gasteiger partial charge in [-0.2, -0.15) is 0 Å². The Balaban J connectivity index is 2.13. The van der Waals surface area contributed by atoms with Gasteiger partial charge < -0.3 is 11.1 Å². The lowest BCUT2D eigenvalue weighted by Gasteiger charge is -2.25. The minimum absolute atomic E-state index is 0.161. The molecule has 1 aliphatic rings. The van der Waals surface area contributed by atoms with Gasteiger partial charge in [0.1, 0.15) is 5.82 Å². The number of benzene rings is 1. The van der Waals surface area contributed by atoms with Crippen molar-refractivity contribution in [2.45, 2.75) is 38.1 Å². The summed E-state index contributed by atoms with van der Waals surface area (Å²) >= 11 is 0. The number of rotatable bonds is 2. The van der Waals surface area contributed by atoms with Gasteiger partial charge in [0.2, 0.25) is 0 Å². The Labute approximate surface area is 118 Å². The average molecular weight is 274 g/mol. The maximum absolute atomic E-state index is 13.8. The van der Waals surface area contributed by atoms with Gasteiger partial charge in [-0.15, -0.1) is 0 Å². The van der Waals surface area contributed by atoms with Gasteiger partial charge in [-0.25, -0.2) is 4.39 Å². The normalized spacial score (nSPS) is 16.4. The number of carbonyl (C=O) groups excluding carboxylic acids is 1. The number of amides is 1. The smallest absolute Gasteiger partial charge is 0.251 e. The summed E-state index contributed by atoms with van der Waals surface area (Å²) < 4.78 is 13.8. The summed E-state index contributed by atoms with van der Waals surface area (Å²) in [6, 6.07) is 4.34. The molecule has 0 aliphatic heterocycles. The van der Waals surface area contributed by atoms with Gasteiger partial charge in [-0.05, 0) is 38.0 Å². The van der Waals surface area contributed by atoms with Crippen molar-refractivity contribution in [1.29, 1.82) is 0 Å². The summed E-state index contributed by atoms with van der Waals surface area (Å²) in [6.07, 6.45) is 4.19. The molecule has 0 heterocycles. The van der Waals surface area contributed by atoms with E-state index in [4.69, 9.17) is 5.73 Å². The van der Waals surface area contributed by atoms with Crippen LogP contribution in [0.15, 0.2) is 18.2 Å². The van der Waals surface area contributed by atoms with E-state index in [9.17, 15) is 9.18 Å². The molecule has 0 aromatic heterocycles. The van der Waals surface area contributed by atoms with Crippen LogP contribution in [-0.2, 0) is 0 Å². The highest BCUT2D eigenvalue weighted by atomic mass is 19.1. The molecule has 0 spiro atoms. The lowest BCUT2D eigenvalue weighted by Crippen LogP contribution is -2.43. The first kappa shape index (κ1) is 14.5. The summed E-state index contributed by atoms with van der Waals surface area (Å²) in [5.41, 5.74) is 5.68. The second kappa shape index (κ2) is 6.06. The molecule has 0 unspecified atom stereocenters. The fourth-order valence-corrected chi connectivity index (χ4v) is 2.53. The van der Waals surface area contributed by atoms with E-state index in [1.807, 2.05) is 6.92 Å². The van der Waals surface area contributed by atoms with E-state index in [1.165, 1.54) is 12.1 Å². The summed E-state index contributed by atoms with van der Waals surface area (Å²) in [5.74, 6) is 4.51. The molecule has 0 saturated heterocycles. The molecule has 3 nitrogen and oxygen atoms in total. The van der Waals surface area contributed by atoms with Gasteiger partial charge in [-0.3, -0.25) is 4.79 Å². The van der Waals surface area contributed by atoms with Crippen molar-refractivity contribution in [1.82, 2.24) is 5.32 Å². The van der Waals surface area contributed by atoms with Crippen LogP contribution < -0.4 is 11.1 Å². The second-order valence-corrected chi connectivity index (χ2v) is 5.42. The first-order valence-electron chi connectivity index (χ1n) is 6.85. The van der Waals surface area contributed by atoms with Crippen LogP contribution in [-0.4, -0.2) is 18.0 Å². The molecule has 1 saturated carbocycles. The van der Waals surface area contributed by atoms with Crippen LogP contribution in [0.25, 0.3) is 0 Å². The van der Waals surface area contributed by atoms with Crippen LogP contribution in [0.4, 0.5) is 4.39 Å². The van der Waals surface area contributed by atoms with Crippen LogP contribution in [0.3, 0.4) is 0 Å². The van der Waals surface area contributed by atoms with Crippen LogP contribution >= 0.6 is 0 Å². The quantitative estimate of drug-likeness (QED) is 0.812. The van der Waals surface area contributed by atoms with Gasteiger partial charge >= 0.3 is 0 Å². The van der Waals surface area contributed by atoms with E-state index in [-0.39, 0.29) is 23.6 Å². The Morgan fingerprint density at radius 2 is 2.15 bits per heavy atom. The van der Waals surface area contributed by atoms with Crippen LogP contribution in [0.5, 0.6) is 0 Å². The fourth-order valence-electron chi connectivity index (χ4n) is 2.53. The number of carbonyl (C=O) groups is 1. The van der Waals surface area contributed by atoms with Crippen molar-refractivity contribution in [3.05, 3.63) is 35.1 Å².